The monoisotopic (exact) mass is 312 g/mol. The fourth-order valence-corrected chi connectivity index (χ4v) is 1.87. The van der Waals surface area contributed by atoms with E-state index in [9.17, 15) is 4.79 Å². The Balaban J connectivity index is 2.33. The minimum absolute atomic E-state index is 0.0500. The van der Waals surface area contributed by atoms with Gasteiger partial charge in [0.15, 0.2) is 0 Å². The zero-order valence-electron chi connectivity index (χ0n) is 11.0. The van der Waals surface area contributed by atoms with Crippen LogP contribution in [0.15, 0.2) is 28.7 Å². The lowest BCUT2D eigenvalue weighted by molar-refractivity contribution is -0.121. The fraction of sp³-hybridized carbons (Fsp3) is 0.500. The number of benzene rings is 1. The van der Waals surface area contributed by atoms with Gasteiger partial charge in [-0.05, 0) is 37.6 Å². The van der Waals surface area contributed by atoms with E-state index in [-0.39, 0.29) is 11.9 Å². The second-order valence-corrected chi connectivity index (χ2v) is 5.29. The Bertz CT molecular complexity index is 365. The van der Waals surface area contributed by atoms with Crippen LogP contribution in [0.4, 0.5) is 5.69 Å². The molecule has 1 aromatic carbocycles. The third-order valence-electron chi connectivity index (χ3n) is 2.70. The molecule has 100 valence electrons. The number of anilines is 1. The van der Waals surface area contributed by atoms with Crippen molar-refractivity contribution in [3.8, 4) is 0 Å². The highest BCUT2D eigenvalue weighted by Gasteiger charge is 2.11. The molecule has 3 nitrogen and oxygen atoms in total. The molecule has 1 aromatic rings. The molecule has 0 aromatic heterocycles. The van der Waals surface area contributed by atoms with E-state index in [0.29, 0.717) is 0 Å². The Morgan fingerprint density at radius 2 is 1.94 bits per heavy atom. The van der Waals surface area contributed by atoms with Gasteiger partial charge in [-0.1, -0.05) is 35.7 Å². The van der Waals surface area contributed by atoms with E-state index in [1.165, 1.54) is 6.42 Å². The molecule has 4 heteroatoms. The highest BCUT2D eigenvalue weighted by atomic mass is 79.9. The van der Waals surface area contributed by atoms with E-state index in [1.807, 2.05) is 31.2 Å². The second-order valence-electron chi connectivity index (χ2n) is 4.37. The Labute approximate surface area is 117 Å². The maximum absolute atomic E-state index is 11.8. The standard InChI is InChI=1S/C14H21BrN2O/c1-3-4-5-10-16-14(18)11(2)17-13-8-6-12(15)7-9-13/h6-9,11,17H,3-5,10H2,1-2H3,(H,16,18). The molecule has 0 aliphatic carbocycles. The summed E-state index contributed by atoms with van der Waals surface area (Å²) in [5, 5.41) is 6.12. The summed E-state index contributed by atoms with van der Waals surface area (Å²) in [6.45, 7) is 4.79. The van der Waals surface area contributed by atoms with Crippen LogP contribution in [0.25, 0.3) is 0 Å². The minimum atomic E-state index is -0.215. The van der Waals surface area contributed by atoms with Crippen molar-refractivity contribution in [2.45, 2.75) is 39.2 Å². The topological polar surface area (TPSA) is 41.1 Å². The lowest BCUT2D eigenvalue weighted by Gasteiger charge is -2.15. The number of halogens is 1. The lowest BCUT2D eigenvalue weighted by Crippen LogP contribution is -2.37. The average molecular weight is 313 g/mol. The highest BCUT2D eigenvalue weighted by molar-refractivity contribution is 9.10. The first-order valence-corrected chi connectivity index (χ1v) is 7.22. The predicted octanol–water partition coefficient (Wildman–Crippen LogP) is 3.56. The Morgan fingerprint density at radius 3 is 2.56 bits per heavy atom. The molecule has 0 fully saturated rings. The number of carbonyl (C=O) groups is 1. The quantitative estimate of drug-likeness (QED) is 0.756. The number of amides is 1. The molecule has 18 heavy (non-hydrogen) atoms. The summed E-state index contributed by atoms with van der Waals surface area (Å²) in [4.78, 5) is 11.8. The van der Waals surface area contributed by atoms with Gasteiger partial charge in [-0.2, -0.15) is 0 Å². The largest absolute Gasteiger partial charge is 0.374 e. The molecule has 1 amide bonds. The van der Waals surface area contributed by atoms with Gasteiger partial charge in [0.05, 0.1) is 0 Å². The SMILES string of the molecule is CCCCCNC(=O)C(C)Nc1ccc(Br)cc1. The third-order valence-corrected chi connectivity index (χ3v) is 3.23. The molecular formula is C14H21BrN2O. The van der Waals surface area contributed by atoms with Gasteiger partial charge in [0.2, 0.25) is 5.91 Å². The Kier molecular flexibility index (Phi) is 6.80. The van der Waals surface area contributed by atoms with Crippen LogP contribution in [0.2, 0.25) is 0 Å². The van der Waals surface area contributed by atoms with E-state index in [0.717, 1.165) is 29.5 Å². The molecule has 0 heterocycles. The fourth-order valence-electron chi connectivity index (χ4n) is 1.60. The molecule has 0 saturated heterocycles. The van der Waals surface area contributed by atoms with E-state index >= 15 is 0 Å². The number of hydrogen-bond donors (Lipinski definition) is 2. The zero-order chi connectivity index (χ0) is 13.4. The van der Waals surface area contributed by atoms with E-state index < -0.39 is 0 Å². The van der Waals surface area contributed by atoms with Crippen LogP contribution in [0, 0.1) is 0 Å². The first-order chi connectivity index (χ1) is 8.63. The lowest BCUT2D eigenvalue weighted by atomic mass is 10.2. The van der Waals surface area contributed by atoms with Crippen LogP contribution in [0.3, 0.4) is 0 Å². The van der Waals surface area contributed by atoms with Crippen molar-refractivity contribution in [1.29, 1.82) is 0 Å². The maximum Gasteiger partial charge on any atom is 0.242 e. The van der Waals surface area contributed by atoms with Crippen molar-refractivity contribution in [1.82, 2.24) is 5.32 Å². The highest BCUT2D eigenvalue weighted by Crippen LogP contribution is 2.14. The maximum atomic E-state index is 11.8. The normalized spacial score (nSPS) is 11.9. The molecule has 0 bridgehead atoms. The van der Waals surface area contributed by atoms with Crippen LogP contribution in [-0.2, 0) is 4.79 Å². The number of unbranched alkanes of at least 4 members (excludes halogenated alkanes) is 2. The van der Waals surface area contributed by atoms with Crippen molar-refractivity contribution in [3.63, 3.8) is 0 Å². The van der Waals surface area contributed by atoms with Gasteiger partial charge in [-0.15, -0.1) is 0 Å². The van der Waals surface area contributed by atoms with Gasteiger partial charge < -0.3 is 10.6 Å². The van der Waals surface area contributed by atoms with E-state index in [4.69, 9.17) is 0 Å². The summed E-state index contributed by atoms with van der Waals surface area (Å²) in [6.07, 6.45) is 3.38. The smallest absolute Gasteiger partial charge is 0.242 e. The van der Waals surface area contributed by atoms with Crippen LogP contribution in [-0.4, -0.2) is 18.5 Å². The Morgan fingerprint density at radius 1 is 1.28 bits per heavy atom. The molecule has 2 N–H and O–H groups in total. The first-order valence-electron chi connectivity index (χ1n) is 6.43. The summed E-state index contributed by atoms with van der Waals surface area (Å²) in [5.74, 6) is 0.0500. The third kappa shape index (κ3) is 5.54. The molecule has 1 atom stereocenters. The second kappa shape index (κ2) is 8.14. The number of nitrogens with one attached hydrogen (secondary N) is 2. The first kappa shape index (κ1) is 15.0. The molecule has 0 saturated carbocycles. The van der Waals surface area contributed by atoms with Crippen LogP contribution in [0.1, 0.15) is 33.1 Å². The Hall–Kier alpha value is -1.03. The van der Waals surface area contributed by atoms with Crippen molar-refractivity contribution in [3.05, 3.63) is 28.7 Å². The van der Waals surface area contributed by atoms with Gasteiger partial charge in [-0.25, -0.2) is 0 Å². The molecule has 1 rings (SSSR count). The van der Waals surface area contributed by atoms with Crippen molar-refractivity contribution in [2.75, 3.05) is 11.9 Å². The number of carbonyl (C=O) groups excluding carboxylic acids is 1. The summed E-state index contributed by atoms with van der Waals surface area (Å²) < 4.78 is 1.03. The molecule has 0 radical (unpaired) electrons. The van der Waals surface area contributed by atoms with Crippen LogP contribution < -0.4 is 10.6 Å². The minimum Gasteiger partial charge on any atom is -0.374 e. The molecule has 0 aliphatic rings. The van der Waals surface area contributed by atoms with Gasteiger partial charge in [0.1, 0.15) is 6.04 Å². The summed E-state index contributed by atoms with van der Waals surface area (Å²) in [6, 6.07) is 7.59. The number of hydrogen-bond acceptors (Lipinski definition) is 2. The zero-order valence-corrected chi connectivity index (χ0v) is 12.6. The van der Waals surface area contributed by atoms with Crippen LogP contribution in [0.5, 0.6) is 0 Å². The summed E-state index contributed by atoms with van der Waals surface area (Å²) in [5.41, 5.74) is 0.953. The van der Waals surface area contributed by atoms with Gasteiger partial charge in [0, 0.05) is 16.7 Å². The summed E-state index contributed by atoms with van der Waals surface area (Å²) >= 11 is 3.38. The van der Waals surface area contributed by atoms with Gasteiger partial charge in [-0.3, -0.25) is 4.79 Å². The van der Waals surface area contributed by atoms with Crippen LogP contribution >= 0.6 is 15.9 Å². The average Bonchev–Trinajstić information content (AvgIpc) is 2.37. The molecule has 1 unspecified atom stereocenters. The predicted molar refractivity (Wildman–Crippen MR) is 79.8 cm³/mol. The van der Waals surface area contributed by atoms with Crippen molar-refractivity contribution < 1.29 is 4.79 Å². The van der Waals surface area contributed by atoms with E-state index in [1.54, 1.807) is 0 Å². The molecule has 0 spiro atoms. The number of rotatable bonds is 7. The van der Waals surface area contributed by atoms with Gasteiger partial charge >= 0.3 is 0 Å². The van der Waals surface area contributed by atoms with Crippen molar-refractivity contribution in [2.24, 2.45) is 0 Å². The molecular weight excluding hydrogens is 292 g/mol. The molecule has 0 aliphatic heterocycles. The van der Waals surface area contributed by atoms with Crippen molar-refractivity contribution >= 4 is 27.5 Å². The van der Waals surface area contributed by atoms with Gasteiger partial charge in [0.25, 0.3) is 0 Å². The van der Waals surface area contributed by atoms with E-state index in [2.05, 4.69) is 33.5 Å². The summed E-state index contributed by atoms with van der Waals surface area (Å²) in [7, 11) is 0.